The van der Waals surface area contributed by atoms with Crippen LogP contribution in [0.4, 0.5) is 4.79 Å². The highest BCUT2D eigenvalue weighted by Gasteiger charge is 2.18. The molecular weight excluding hydrogens is 280 g/mol. The van der Waals surface area contributed by atoms with Gasteiger partial charge in [0.15, 0.2) is 0 Å². The summed E-state index contributed by atoms with van der Waals surface area (Å²) in [5, 5.41) is 5.43. The molecule has 1 unspecified atom stereocenters. The molecule has 2 amide bonds. The lowest BCUT2D eigenvalue weighted by atomic mass is 10.1. The smallest absolute Gasteiger partial charge is 0.409 e. The van der Waals surface area contributed by atoms with E-state index in [1.165, 1.54) is 0 Å². The topological polar surface area (TPSA) is 67.4 Å². The first-order chi connectivity index (χ1) is 10.7. The minimum atomic E-state index is -0.659. The Morgan fingerprint density at radius 1 is 0.955 bits per heavy atom. The predicted molar refractivity (Wildman–Crippen MR) is 83.2 cm³/mol. The summed E-state index contributed by atoms with van der Waals surface area (Å²) in [7, 11) is 0. The zero-order valence-corrected chi connectivity index (χ0v) is 12.3. The molecule has 2 N–H and O–H groups in total. The molecule has 0 radical (unpaired) electrons. The Hall–Kier alpha value is -2.82. The van der Waals surface area contributed by atoms with Crippen molar-refractivity contribution in [3.05, 3.63) is 71.8 Å². The molecule has 2 aromatic carbocycles. The monoisotopic (exact) mass is 298 g/mol. The lowest BCUT2D eigenvalue weighted by Gasteiger charge is -2.20. The maximum atomic E-state index is 12.3. The number of hydrogen-bond donors (Lipinski definition) is 2. The predicted octanol–water partition coefficient (Wildman–Crippen LogP) is 2.86. The number of hydrogen-bond acceptors (Lipinski definition) is 3. The Balaban J connectivity index is 2.14. The molecule has 0 fully saturated rings. The van der Waals surface area contributed by atoms with Gasteiger partial charge < -0.3 is 10.1 Å². The zero-order valence-electron chi connectivity index (χ0n) is 12.3. The largest absolute Gasteiger partial charge is 0.450 e. The first-order valence-corrected chi connectivity index (χ1v) is 7.05. The second kappa shape index (κ2) is 7.83. The molecule has 0 heterocycles. The number of ether oxygens (including phenoxy) is 1. The van der Waals surface area contributed by atoms with Crippen LogP contribution in [0.15, 0.2) is 60.7 Å². The van der Waals surface area contributed by atoms with E-state index in [0.717, 1.165) is 5.56 Å². The van der Waals surface area contributed by atoms with Crippen LogP contribution >= 0.6 is 0 Å². The normalized spacial score (nSPS) is 11.3. The molecule has 114 valence electrons. The van der Waals surface area contributed by atoms with Crippen LogP contribution in [0.2, 0.25) is 0 Å². The van der Waals surface area contributed by atoms with Crippen molar-refractivity contribution in [2.75, 3.05) is 6.61 Å². The van der Waals surface area contributed by atoms with Crippen LogP contribution in [0, 0.1) is 0 Å². The van der Waals surface area contributed by atoms with Crippen molar-refractivity contribution in [1.82, 2.24) is 10.6 Å². The maximum Gasteiger partial charge on any atom is 0.409 e. The minimum absolute atomic E-state index is 0.264. The van der Waals surface area contributed by atoms with Crippen LogP contribution in [0.25, 0.3) is 0 Å². The third kappa shape index (κ3) is 4.34. The van der Waals surface area contributed by atoms with Gasteiger partial charge in [-0.2, -0.15) is 0 Å². The third-order valence-electron chi connectivity index (χ3n) is 2.98. The van der Waals surface area contributed by atoms with Gasteiger partial charge in [0.2, 0.25) is 0 Å². The molecule has 0 aromatic heterocycles. The van der Waals surface area contributed by atoms with Gasteiger partial charge in [0, 0.05) is 5.56 Å². The summed E-state index contributed by atoms with van der Waals surface area (Å²) in [5.74, 6) is -0.272. The molecule has 0 aliphatic rings. The van der Waals surface area contributed by atoms with Crippen molar-refractivity contribution in [3.63, 3.8) is 0 Å². The van der Waals surface area contributed by atoms with Gasteiger partial charge in [0.05, 0.1) is 6.61 Å². The summed E-state index contributed by atoms with van der Waals surface area (Å²) in [4.78, 5) is 23.9. The van der Waals surface area contributed by atoms with E-state index in [0.29, 0.717) is 5.56 Å². The molecule has 22 heavy (non-hydrogen) atoms. The molecule has 1 atom stereocenters. The van der Waals surface area contributed by atoms with E-state index in [4.69, 9.17) is 4.74 Å². The Morgan fingerprint density at radius 3 is 2.14 bits per heavy atom. The summed E-state index contributed by atoms with van der Waals surface area (Å²) >= 11 is 0. The Kier molecular flexibility index (Phi) is 5.54. The van der Waals surface area contributed by atoms with E-state index in [1.54, 1.807) is 31.2 Å². The Morgan fingerprint density at radius 2 is 1.55 bits per heavy atom. The molecule has 0 bridgehead atoms. The molecule has 5 heteroatoms. The Labute approximate surface area is 129 Å². The third-order valence-corrected chi connectivity index (χ3v) is 2.98. The van der Waals surface area contributed by atoms with Gasteiger partial charge in [-0.05, 0) is 24.6 Å². The van der Waals surface area contributed by atoms with Crippen LogP contribution in [0.1, 0.15) is 29.0 Å². The van der Waals surface area contributed by atoms with Gasteiger partial charge in [-0.25, -0.2) is 4.79 Å². The number of benzene rings is 2. The quantitative estimate of drug-likeness (QED) is 0.834. The van der Waals surface area contributed by atoms with Gasteiger partial charge in [-0.15, -0.1) is 0 Å². The van der Waals surface area contributed by atoms with Crippen LogP contribution in [0.3, 0.4) is 0 Å². The second-order valence-corrected chi connectivity index (χ2v) is 4.55. The SMILES string of the molecule is CCOC(=O)NC(NC(=O)c1ccccc1)c1ccccc1. The average molecular weight is 298 g/mol. The fourth-order valence-corrected chi connectivity index (χ4v) is 1.94. The lowest BCUT2D eigenvalue weighted by molar-refractivity contribution is 0.0924. The van der Waals surface area contributed by atoms with Crippen LogP contribution in [-0.4, -0.2) is 18.6 Å². The van der Waals surface area contributed by atoms with E-state index < -0.39 is 12.3 Å². The number of nitrogens with one attached hydrogen (secondary N) is 2. The van der Waals surface area contributed by atoms with Crippen LogP contribution < -0.4 is 10.6 Å². The lowest BCUT2D eigenvalue weighted by Crippen LogP contribution is -2.41. The molecule has 2 aromatic rings. The molecule has 0 aliphatic carbocycles. The van der Waals surface area contributed by atoms with Crippen molar-refractivity contribution >= 4 is 12.0 Å². The average Bonchev–Trinajstić information content (AvgIpc) is 2.56. The first-order valence-electron chi connectivity index (χ1n) is 7.05. The van der Waals surface area contributed by atoms with Crippen molar-refractivity contribution in [1.29, 1.82) is 0 Å². The molecule has 0 aliphatic heterocycles. The number of rotatable bonds is 5. The van der Waals surface area contributed by atoms with Gasteiger partial charge in [0.25, 0.3) is 5.91 Å². The first kappa shape index (κ1) is 15.6. The summed E-state index contributed by atoms with van der Waals surface area (Å²) in [6.45, 7) is 1.99. The number of carbonyl (C=O) groups excluding carboxylic acids is 2. The number of alkyl carbamates (subject to hydrolysis) is 1. The summed E-state index contributed by atoms with van der Waals surface area (Å²) in [5.41, 5.74) is 1.29. The minimum Gasteiger partial charge on any atom is -0.450 e. The molecular formula is C17H18N2O3. The highest BCUT2D eigenvalue weighted by molar-refractivity contribution is 5.94. The van der Waals surface area contributed by atoms with Crippen molar-refractivity contribution < 1.29 is 14.3 Å². The van der Waals surface area contributed by atoms with E-state index in [-0.39, 0.29) is 12.5 Å². The summed E-state index contributed by atoms with van der Waals surface area (Å²) in [6.07, 6.45) is -1.24. The molecule has 0 saturated heterocycles. The van der Waals surface area contributed by atoms with Crippen LogP contribution in [0.5, 0.6) is 0 Å². The van der Waals surface area contributed by atoms with Gasteiger partial charge in [0.1, 0.15) is 6.17 Å². The van der Waals surface area contributed by atoms with E-state index >= 15 is 0 Å². The summed E-state index contributed by atoms with van der Waals surface area (Å²) in [6, 6.07) is 18.0. The Bertz CT molecular complexity index is 614. The highest BCUT2D eigenvalue weighted by Crippen LogP contribution is 2.11. The number of amides is 2. The van der Waals surface area contributed by atoms with Gasteiger partial charge in [-0.3, -0.25) is 10.1 Å². The van der Waals surface area contributed by atoms with Crippen molar-refractivity contribution in [3.8, 4) is 0 Å². The fraction of sp³-hybridized carbons (Fsp3) is 0.176. The summed E-state index contributed by atoms with van der Waals surface area (Å²) < 4.78 is 4.88. The standard InChI is InChI=1S/C17H18N2O3/c1-2-22-17(21)19-15(13-9-5-3-6-10-13)18-16(20)14-11-7-4-8-12-14/h3-12,15H,2H2,1H3,(H,18,20)(H,19,21). The van der Waals surface area contributed by atoms with Crippen molar-refractivity contribution in [2.24, 2.45) is 0 Å². The molecule has 5 nitrogen and oxygen atoms in total. The zero-order chi connectivity index (χ0) is 15.8. The molecule has 2 rings (SSSR count). The second-order valence-electron chi connectivity index (χ2n) is 4.55. The highest BCUT2D eigenvalue weighted by atomic mass is 16.5. The maximum absolute atomic E-state index is 12.3. The van der Waals surface area contributed by atoms with Gasteiger partial charge >= 0.3 is 6.09 Å². The van der Waals surface area contributed by atoms with E-state index in [9.17, 15) is 9.59 Å². The fourth-order valence-electron chi connectivity index (χ4n) is 1.94. The number of carbonyl (C=O) groups is 2. The van der Waals surface area contributed by atoms with Gasteiger partial charge in [-0.1, -0.05) is 48.5 Å². The van der Waals surface area contributed by atoms with E-state index in [2.05, 4.69) is 10.6 Å². The molecule has 0 spiro atoms. The van der Waals surface area contributed by atoms with Crippen LogP contribution in [-0.2, 0) is 4.74 Å². The van der Waals surface area contributed by atoms with E-state index in [1.807, 2.05) is 36.4 Å². The molecule has 0 saturated carbocycles. The van der Waals surface area contributed by atoms with Crippen molar-refractivity contribution in [2.45, 2.75) is 13.1 Å².